The highest BCUT2D eigenvalue weighted by atomic mass is 16.3. The van der Waals surface area contributed by atoms with Gasteiger partial charge in [0.15, 0.2) is 0 Å². The van der Waals surface area contributed by atoms with Gasteiger partial charge in [-0.2, -0.15) is 0 Å². The molecular weight excluding hydrogens is 174 g/mol. The van der Waals surface area contributed by atoms with Crippen LogP contribution in [0.2, 0.25) is 0 Å². The number of aryl methyl sites for hydroxylation is 1. The Balaban J connectivity index is 2.41. The lowest BCUT2D eigenvalue weighted by Crippen LogP contribution is -1.93. The van der Waals surface area contributed by atoms with Gasteiger partial charge in [-0.1, -0.05) is 18.2 Å². The van der Waals surface area contributed by atoms with Gasteiger partial charge < -0.3 is 5.11 Å². The molecule has 0 spiro atoms. The Morgan fingerprint density at radius 1 is 1.29 bits per heavy atom. The van der Waals surface area contributed by atoms with E-state index >= 15 is 0 Å². The molecule has 2 nitrogen and oxygen atoms in total. The maximum Gasteiger partial charge on any atom is 0.0803 e. The van der Waals surface area contributed by atoms with Gasteiger partial charge in [0.05, 0.1) is 11.6 Å². The third-order valence-corrected chi connectivity index (χ3v) is 2.92. The minimum atomic E-state index is -0.294. The number of hydrogen-bond donors (Lipinski definition) is 1. The van der Waals surface area contributed by atoms with Crippen molar-refractivity contribution in [3.05, 3.63) is 41.6 Å². The predicted octanol–water partition coefficient (Wildman–Crippen LogP) is 2.21. The summed E-state index contributed by atoms with van der Waals surface area (Å²) in [7, 11) is 0. The van der Waals surface area contributed by atoms with E-state index in [1.165, 1.54) is 5.56 Å². The molecule has 1 aromatic heterocycles. The Labute approximate surface area is 82.2 Å². The number of aliphatic hydroxyl groups excluding tert-OH is 1. The number of aliphatic hydroxyl groups is 1. The average Bonchev–Trinajstić information content (AvgIpc) is 2.61. The van der Waals surface area contributed by atoms with E-state index in [1.807, 2.05) is 30.5 Å². The Bertz CT molecular complexity index is 493. The van der Waals surface area contributed by atoms with E-state index in [9.17, 15) is 5.11 Å². The lowest BCUT2D eigenvalue weighted by molar-refractivity contribution is 0.181. The average molecular weight is 185 g/mol. The summed E-state index contributed by atoms with van der Waals surface area (Å²) in [6.07, 6.45) is 3.39. The van der Waals surface area contributed by atoms with Gasteiger partial charge in [0.2, 0.25) is 0 Å². The fourth-order valence-corrected chi connectivity index (χ4v) is 2.23. The van der Waals surface area contributed by atoms with Gasteiger partial charge in [-0.15, -0.1) is 0 Å². The molecule has 1 aliphatic carbocycles. The monoisotopic (exact) mass is 185 g/mol. The van der Waals surface area contributed by atoms with Crippen LogP contribution < -0.4 is 0 Å². The lowest BCUT2D eigenvalue weighted by atomic mass is 10.0. The first-order chi connectivity index (χ1) is 6.86. The summed E-state index contributed by atoms with van der Waals surface area (Å²) in [6.45, 7) is 0. The van der Waals surface area contributed by atoms with Crippen LogP contribution in [-0.4, -0.2) is 10.1 Å². The van der Waals surface area contributed by atoms with Gasteiger partial charge in [0.25, 0.3) is 0 Å². The van der Waals surface area contributed by atoms with Crippen molar-refractivity contribution in [2.24, 2.45) is 0 Å². The zero-order valence-electron chi connectivity index (χ0n) is 7.77. The van der Waals surface area contributed by atoms with E-state index in [0.29, 0.717) is 0 Å². The van der Waals surface area contributed by atoms with E-state index < -0.39 is 0 Å². The molecule has 2 aromatic rings. The van der Waals surface area contributed by atoms with Crippen LogP contribution in [0, 0.1) is 0 Å². The normalized spacial score (nSPS) is 19.9. The fourth-order valence-electron chi connectivity index (χ4n) is 2.23. The molecule has 0 aliphatic heterocycles. The standard InChI is InChI=1S/C12H11NO/c14-11-6-5-8-7-13-10-4-2-1-3-9(10)12(8)11/h1-4,7,11,14H,5-6H2. The molecule has 0 amide bonds. The van der Waals surface area contributed by atoms with Gasteiger partial charge >= 0.3 is 0 Å². The van der Waals surface area contributed by atoms with Crippen LogP contribution in [0.15, 0.2) is 30.5 Å². The summed E-state index contributed by atoms with van der Waals surface area (Å²) in [4.78, 5) is 4.38. The van der Waals surface area contributed by atoms with Crippen molar-refractivity contribution in [1.29, 1.82) is 0 Å². The molecule has 70 valence electrons. The highest BCUT2D eigenvalue weighted by Crippen LogP contribution is 2.35. The second kappa shape index (κ2) is 2.79. The molecule has 0 bridgehead atoms. The molecule has 0 fully saturated rings. The van der Waals surface area contributed by atoms with Crippen molar-refractivity contribution >= 4 is 10.9 Å². The Morgan fingerprint density at radius 2 is 2.14 bits per heavy atom. The molecular formula is C12H11NO. The van der Waals surface area contributed by atoms with Crippen molar-refractivity contribution in [3.63, 3.8) is 0 Å². The molecule has 1 heterocycles. The molecule has 14 heavy (non-hydrogen) atoms. The predicted molar refractivity (Wildman–Crippen MR) is 55.0 cm³/mol. The zero-order valence-corrected chi connectivity index (χ0v) is 7.77. The van der Waals surface area contributed by atoms with Gasteiger partial charge in [-0.05, 0) is 30.0 Å². The Morgan fingerprint density at radius 3 is 3.07 bits per heavy atom. The highest BCUT2D eigenvalue weighted by Gasteiger charge is 2.22. The Hall–Kier alpha value is -1.41. The van der Waals surface area contributed by atoms with Crippen LogP contribution in [0.4, 0.5) is 0 Å². The number of benzene rings is 1. The first kappa shape index (κ1) is 7.94. The van der Waals surface area contributed by atoms with Gasteiger partial charge in [-0.3, -0.25) is 4.98 Å². The minimum absolute atomic E-state index is 0.294. The van der Waals surface area contributed by atoms with E-state index in [2.05, 4.69) is 4.98 Å². The lowest BCUT2D eigenvalue weighted by Gasteiger charge is -2.07. The topological polar surface area (TPSA) is 33.1 Å². The third-order valence-electron chi connectivity index (χ3n) is 2.92. The van der Waals surface area contributed by atoms with Crippen LogP contribution in [0.5, 0.6) is 0 Å². The molecule has 0 radical (unpaired) electrons. The summed E-state index contributed by atoms with van der Waals surface area (Å²) in [5, 5.41) is 11.0. The largest absolute Gasteiger partial charge is 0.388 e. The van der Waals surface area contributed by atoms with E-state index in [0.717, 1.165) is 29.3 Å². The molecule has 2 heteroatoms. The number of pyridine rings is 1. The molecule has 0 saturated carbocycles. The van der Waals surface area contributed by atoms with Crippen LogP contribution in [0.3, 0.4) is 0 Å². The molecule has 1 unspecified atom stereocenters. The molecule has 1 aliphatic rings. The van der Waals surface area contributed by atoms with Crippen molar-refractivity contribution in [2.75, 3.05) is 0 Å². The number of para-hydroxylation sites is 1. The van der Waals surface area contributed by atoms with Crippen molar-refractivity contribution < 1.29 is 5.11 Å². The third kappa shape index (κ3) is 0.976. The highest BCUT2D eigenvalue weighted by molar-refractivity contribution is 5.83. The summed E-state index contributed by atoms with van der Waals surface area (Å²) >= 11 is 0. The van der Waals surface area contributed by atoms with Gasteiger partial charge in [0.1, 0.15) is 0 Å². The first-order valence-corrected chi connectivity index (χ1v) is 4.91. The fraction of sp³-hybridized carbons (Fsp3) is 0.250. The summed E-state index contributed by atoms with van der Waals surface area (Å²) in [6, 6.07) is 7.99. The molecule has 1 atom stereocenters. The van der Waals surface area contributed by atoms with Gasteiger partial charge in [0, 0.05) is 11.6 Å². The minimum Gasteiger partial charge on any atom is -0.388 e. The molecule has 3 rings (SSSR count). The molecule has 1 aromatic carbocycles. The Kier molecular flexibility index (Phi) is 1.58. The van der Waals surface area contributed by atoms with E-state index in [-0.39, 0.29) is 6.10 Å². The van der Waals surface area contributed by atoms with Crippen molar-refractivity contribution in [1.82, 2.24) is 4.98 Å². The molecule has 1 N–H and O–H groups in total. The van der Waals surface area contributed by atoms with E-state index in [4.69, 9.17) is 0 Å². The summed E-state index contributed by atoms with van der Waals surface area (Å²) < 4.78 is 0. The number of rotatable bonds is 0. The van der Waals surface area contributed by atoms with Crippen LogP contribution in [0.25, 0.3) is 10.9 Å². The maximum absolute atomic E-state index is 9.85. The number of nitrogens with zero attached hydrogens (tertiary/aromatic N) is 1. The zero-order chi connectivity index (χ0) is 9.54. The summed E-state index contributed by atoms with van der Waals surface area (Å²) in [5.74, 6) is 0. The van der Waals surface area contributed by atoms with Crippen LogP contribution in [0.1, 0.15) is 23.7 Å². The van der Waals surface area contributed by atoms with Crippen molar-refractivity contribution in [2.45, 2.75) is 18.9 Å². The van der Waals surface area contributed by atoms with Gasteiger partial charge in [-0.25, -0.2) is 0 Å². The second-order valence-corrected chi connectivity index (χ2v) is 3.77. The quantitative estimate of drug-likeness (QED) is 0.682. The number of fused-ring (bicyclic) bond motifs is 3. The summed E-state index contributed by atoms with van der Waals surface area (Å²) in [5.41, 5.74) is 3.28. The van der Waals surface area contributed by atoms with Crippen molar-refractivity contribution in [3.8, 4) is 0 Å². The second-order valence-electron chi connectivity index (χ2n) is 3.77. The SMILES string of the molecule is OC1CCc2cnc3ccccc3c21. The smallest absolute Gasteiger partial charge is 0.0803 e. The first-order valence-electron chi connectivity index (χ1n) is 4.91. The molecule has 0 saturated heterocycles. The maximum atomic E-state index is 9.85. The van der Waals surface area contributed by atoms with Crippen LogP contribution in [-0.2, 0) is 6.42 Å². The van der Waals surface area contributed by atoms with E-state index in [1.54, 1.807) is 0 Å². The number of hydrogen-bond acceptors (Lipinski definition) is 2. The number of aromatic nitrogens is 1. The van der Waals surface area contributed by atoms with Crippen LogP contribution >= 0.6 is 0 Å².